The molecule has 3 rings (SSSR count). The van der Waals surface area contributed by atoms with Gasteiger partial charge in [-0.05, 0) is 38.8 Å². The Bertz CT molecular complexity index is 593. The van der Waals surface area contributed by atoms with Crippen molar-refractivity contribution in [2.24, 2.45) is 0 Å². The van der Waals surface area contributed by atoms with Gasteiger partial charge >= 0.3 is 0 Å². The summed E-state index contributed by atoms with van der Waals surface area (Å²) in [5, 5.41) is 0.723. The number of hydrazine groups is 1. The van der Waals surface area contributed by atoms with Crippen LogP contribution in [0.1, 0.15) is 38.8 Å². The number of hydrogen-bond acceptors (Lipinski definition) is 4. The second-order valence-electron chi connectivity index (χ2n) is 7.06. The highest BCUT2D eigenvalue weighted by molar-refractivity contribution is 6.31. The van der Waals surface area contributed by atoms with Crippen molar-refractivity contribution in [2.45, 2.75) is 51.0 Å². The number of ether oxygens (including phenoxy) is 1. The van der Waals surface area contributed by atoms with E-state index in [1.807, 2.05) is 49.9 Å². The fourth-order valence-electron chi connectivity index (χ4n) is 3.52. The largest absolute Gasteiger partial charge is 0.369 e. The Labute approximate surface area is 142 Å². The summed E-state index contributed by atoms with van der Waals surface area (Å²) in [5.41, 5.74) is 7.05. The zero-order valence-corrected chi connectivity index (χ0v) is 14.6. The van der Waals surface area contributed by atoms with Crippen molar-refractivity contribution in [3.8, 4) is 0 Å². The van der Waals surface area contributed by atoms with Crippen LogP contribution in [-0.4, -0.2) is 41.6 Å². The number of carbonyl (C=O) groups excluding carboxylic acids is 1. The van der Waals surface area contributed by atoms with Gasteiger partial charge in [0.15, 0.2) is 0 Å². The van der Waals surface area contributed by atoms with E-state index in [2.05, 4.69) is 10.9 Å². The molecule has 0 aromatic heterocycles. The average molecular weight is 338 g/mol. The van der Waals surface area contributed by atoms with Gasteiger partial charge in [-0.2, -0.15) is 0 Å². The maximum Gasteiger partial charge on any atom is 0.241 e. The molecule has 2 aliphatic heterocycles. The Morgan fingerprint density at radius 3 is 2.78 bits per heavy atom. The molecule has 126 valence electrons. The van der Waals surface area contributed by atoms with E-state index in [4.69, 9.17) is 16.3 Å². The summed E-state index contributed by atoms with van der Waals surface area (Å²) >= 11 is 6.26. The number of amides is 1. The second kappa shape index (κ2) is 6.40. The Hall–Kier alpha value is -1.14. The van der Waals surface area contributed by atoms with Gasteiger partial charge in [-0.3, -0.25) is 4.79 Å². The molecule has 1 aromatic rings. The molecule has 0 saturated carbocycles. The lowest BCUT2D eigenvalue weighted by Crippen LogP contribution is -2.57. The van der Waals surface area contributed by atoms with Crippen molar-refractivity contribution in [2.75, 3.05) is 13.1 Å². The van der Waals surface area contributed by atoms with Gasteiger partial charge in [0.05, 0.1) is 11.7 Å². The minimum absolute atomic E-state index is 0.0455. The summed E-state index contributed by atoms with van der Waals surface area (Å²) in [7, 11) is 0. The fourth-order valence-corrected chi connectivity index (χ4v) is 3.79. The number of halogens is 1. The monoisotopic (exact) mass is 337 g/mol. The first kappa shape index (κ1) is 16.7. The predicted octanol–water partition coefficient (Wildman–Crippen LogP) is 2.27. The number of nitrogens with zero attached hydrogens (tertiary/aromatic N) is 1. The number of morpholine rings is 1. The molecule has 5 nitrogen and oxygen atoms in total. The van der Waals surface area contributed by atoms with E-state index in [1.165, 1.54) is 0 Å². The molecular formula is C17H24ClN3O2. The van der Waals surface area contributed by atoms with Crippen LogP contribution in [0.25, 0.3) is 0 Å². The lowest BCUT2D eigenvalue weighted by atomic mass is 10.00. The van der Waals surface area contributed by atoms with Crippen molar-refractivity contribution in [1.29, 1.82) is 0 Å². The Balaban J connectivity index is 1.67. The molecule has 0 radical (unpaired) electrons. The summed E-state index contributed by atoms with van der Waals surface area (Å²) in [6.07, 6.45) is 0.741. The normalized spacial score (nSPS) is 30.4. The van der Waals surface area contributed by atoms with E-state index in [0.717, 1.165) is 10.6 Å². The second-order valence-corrected chi connectivity index (χ2v) is 7.47. The maximum absolute atomic E-state index is 12.8. The smallest absolute Gasteiger partial charge is 0.241 e. The first-order valence-electron chi connectivity index (χ1n) is 8.08. The van der Waals surface area contributed by atoms with Crippen molar-refractivity contribution in [1.82, 2.24) is 15.8 Å². The third kappa shape index (κ3) is 3.69. The summed E-state index contributed by atoms with van der Waals surface area (Å²) < 4.78 is 5.88. The lowest BCUT2D eigenvalue weighted by Gasteiger charge is -2.42. The fraction of sp³-hybridized carbons (Fsp3) is 0.588. The van der Waals surface area contributed by atoms with Gasteiger partial charge in [-0.15, -0.1) is 0 Å². The molecular weight excluding hydrogens is 314 g/mol. The first-order valence-corrected chi connectivity index (χ1v) is 8.45. The average Bonchev–Trinajstić information content (AvgIpc) is 2.94. The summed E-state index contributed by atoms with van der Waals surface area (Å²) in [6.45, 7) is 7.31. The predicted molar refractivity (Wildman–Crippen MR) is 90.1 cm³/mol. The number of nitrogens with one attached hydrogen (secondary N) is 2. The molecule has 1 amide bonds. The van der Waals surface area contributed by atoms with Gasteiger partial charge in [0.2, 0.25) is 5.91 Å². The van der Waals surface area contributed by atoms with Crippen molar-refractivity contribution in [3.63, 3.8) is 0 Å². The quantitative estimate of drug-likeness (QED) is 0.869. The van der Waals surface area contributed by atoms with Crippen molar-refractivity contribution >= 4 is 17.5 Å². The first-order chi connectivity index (χ1) is 10.9. The topological polar surface area (TPSA) is 53.6 Å². The number of benzene rings is 1. The molecule has 2 saturated heterocycles. The lowest BCUT2D eigenvalue weighted by molar-refractivity contribution is -0.159. The molecule has 23 heavy (non-hydrogen) atoms. The van der Waals surface area contributed by atoms with Crippen LogP contribution >= 0.6 is 11.6 Å². The van der Waals surface area contributed by atoms with Crippen LogP contribution in [0.15, 0.2) is 24.3 Å². The molecule has 2 heterocycles. The molecule has 2 aliphatic rings. The summed E-state index contributed by atoms with van der Waals surface area (Å²) in [4.78, 5) is 14.7. The van der Waals surface area contributed by atoms with Gasteiger partial charge in [-0.1, -0.05) is 29.8 Å². The zero-order chi connectivity index (χ0) is 16.6. The Morgan fingerprint density at radius 2 is 2.09 bits per heavy atom. The third-order valence-electron chi connectivity index (χ3n) is 4.36. The van der Waals surface area contributed by atoms with Gasteiger partial charge < -0.3 is 9.64 Å². The highest BCUT2D eigenvalue weighted by Crippen LogP contribution is 2.29. The molecule has 1 aromatic carbocycles. The van der Waals surface area contributed by atoms with Crippen LogP contribution in [-0.2, 0) is 9.53 Å². The van der Waals surface area contributed by atoms with Gasteiger partial charge in [-0.25, -0.2) is 10.9 Å². The van der Waals surface area contributed by atoms with E-state index in [1.54, 1.807) is 0 Å². The number of hydrogen-bond donors (Lipinski definition) is 2. The number of carbonyl (C=O) groups is 1. The van der Waals surface area contributed by atoms with Crippen molar-refractivity contribution < 1.29 is 9.53 Å². The zero-order valence-electron chi connectivity index (χ0n) is 13.8. The molecule has 3 unspecified atom stereocenters. The van der Waals surface area contributed by atoms with E-state index in [9.17, 15) is 4.79 Å². The van der Waals surface area contributed by atoms with E-state index >= 15 is 0 Å². The highest BCUT2D eigenvalue weighted by atomic mass is 35.5. The molecule has 6 heteroatoms. The minimum Gasteiger partial charge on any atom is -0.369 e. The van der Waals surface area contributed by atoms with Crippen LogP contribution in [0.4, 0.5) is 0 Å². The summed E-state index contributed by atoms with van der Waals surface area (Å²) in [6, 6.07) is 7.55. The van der Waals surface area contributed by atoms with Gasteiger partial charge in [0.1, 0.15) is 6.04 Å². The Morgan fingerprint density at radius 1 is 1.35 bits per heavy atom. The van der Waals surface area contributed by atoms with E-state index in [-0.39, 0.29) is 29.7 Å². The van der Waals surface area contributed by atoms with Gasteiger partial charge in [0, 0.05) is 24.2 Å². The van der Waals surface area contributed by atoms with Gasteiger partial charge in [0.25, 0.3) is 0 Å². The van der Waals surface area contributed by atoms with Crippen LogP contribution in [0, 0.1) is 0 Å². The molecule has 2 N–H and O–H groups in total. The third-order valence-corrected chi connectivity index (χ3v) is 4.71. The molecule has 0 spiro atoms. The van der Waals surface area contributed by atoms with E-state index < -0.39 is 0 Å². The van der Waals surface area contributed by atoms with Crippen LogP contribution < -0.4 is 10.9 Å². The SMILES string of the molecule is CC1CN(C(=O)C2CC(c3ccccc3Cl)NN2)CC(C)(C)O1. The van der Waals surface area contributed by atoms with E-state index in [0.29, 0.717) is 19.5 Å². The maximum atomic E-state index is 12.8. The standard InChI is InChI=1S/C17H24ClN3O2/c1-11-9-21(10-17(2,3)23-11)16(22)15-8-14(19-20-15)12-6-4-5-7-13(12)18/h4-7,11,14-15,19-20H,8-10H2,1-3H3. The number of rotatable bonds is 2. The molecule has 0 bridgehead atoms. The van der Waals surface area contributed by atoms with Crippen LogP contribution in [0.2, 0.25) is 5.02 Å². The molecule has 0 aliphatic carbocycles. The molecule has 2 fully saturated rings. The minimum atomic E-state index is -0.304. The molecule has 3 atom stereocenters. The van der Waals surface area contributed by atoms with Crippen LogP contribution in [0.5, 0.6) is 0 Å². The van der Waals surface area contributed by atoms with Crippen LogP contribution in [0.3, 0.4) is 0 Å². The highest BCUT2D eigenvalue weighted by Gasteiger charge is 2.39. The van der Waals surface area contributed by atoms with Crippen molar-refractivity contribution in [3.05, 3.63) is 34.9 Å². The Kier molecular flexibility index (Phi) is 4.65. The summed E-state index contributed by atoms with van der Waals surface area (Å²) in [5.74, 6) is 0.121.